The largest absolute Gasteiger partial charge is 0.487 e. The summed E-state index contributed by atoms with van der Waals surface area (Å²) in [5, 5.41) is 0.382. The normalized spacial score (nSPS) is 10.1. The van der Waals surface area contributed by atoms with Gasteiger partial charge < -0.3 is 4.74 Å². The molecule has 1 aromatic carbocycles. The number of hydrogen-bond acceptors (Lipinski definition) is 3. The van der Waals surface area contributed by atoms with E-state index >= 15 is 0 Å². The zero-order valence-electron chi connectivity index (χ0n) is 8.23. The molecule has 3 nitrogen and oxygen atoms in total. The molecule has 0 bridgehead atoms. The van der Waals surface area contributed by atoms with Gasteiger partial charge in [-0.05, 0) is 24.3 Å². The Hall–Kier alpha value is -1.13. The van der Waals surface area contributed by atoms with Crippen molar-refractivity contribution in [2.45, 2.75) is 6.61 Å². The van der Waals surface area contributed by atoms with E-state index in [4.69, 9.17) is 16.3 Å². The standard InChI is InChI=1S/C11H8BrClN2O/c12-8-1-3-10(4-2-8)16-7-9-5-15-11(13)6-14-9/h1-6H,7H2. The summed E-state index contributed by atoms with van der Waals surface area (Å²) < 4.78 is 6.54. The van der Waals surface area contributed by atoms with Crippen LogP contribution < -0.4 is 4.74 Å². The lowest BCUT2D eigenvalue weighted by Crippen LogP contribution is -1.98. The molecule has 0 unspecified atom stereocenters. The Morgan fingerprint density at radius 3 is 2.50 bits per heavy atom. The van der Waals surface area contributed by atoms with Gasteiger partial charge in [-0.2, -0.15) is 0 Å². The van der Waals surface area contributed by atoms with E-state index in [-0.39, 0.29) is 0 Å². The maximum atomic E-state index is 5.63. The van der Waals surface area contributed by atoms with Crippen LogP contribution >= 0.6 is 27.5 Å². The fraction of sp³-hybridized carbons (Fsp3) is 0.0909. The minimum atomic E-state index is 0.381. The summed E-state index contributed by atoms with van der Waals surface area (Å²) >= 11 is 8.98. The van der Waals surface area contributed by atoms with Crippen molar-refractivity contribution >= 4 is 27.5 Å². The summed E-state index contributed by atoms with van der Waals surface area (Å²) in [6.07, 6.45) is 3.10. The maximum absolute atomic E-state index is 5.63. The third-order valence-corrected chi connectivity index (χ3v) is 2.60. The average Bonchev–Trinajstić information content (AvgIpc) is 2.30. The highest BCUT2D eigenvalue weighted by atomic mass is 79.9. The zero-order valence-corrected chi connectivity index (χ0v) is 10.6. The smallest absolute Gasteiger partial charge is 0.147 e. The zero-order chi connectivity index (χ0) is 11.4. The second kappa shape index (κ2) is 5.27. The van der Waals surface area contributed by atoms with E-state index in [1.165, 1.54) is 6.20 Å². The van der Waals surface area contributed by atoms with Crippen molar-refractivity contribution < 1.29 is 4.74 Å². The number of nitrogens with zero attached hydrogens (tertiary/aromatic N) is 2. The van der Waals surface area contributed by atoms with Gasteiger partial charge in [0.1, 0.15) is 17.5 Å². The van der Waals surface area contributed by atoms with Crippen LogP contribution in [-0.2, 0) is 6.61 Å². The molecule has 0 aliphatic rings. The second-order valence-electron chi connectivity index (χ2n) is 3.07. The predicted octanol–water partition coefficient (Wildman–Crippen LogP) is 3.47. The lowest BCUT2D eigenvalue weighted by Gasteiger charge is -2.05. The van der Waals surface area contributed by atoms with Crippen molar-refractivity contribution in [3.05, 3.63) is 52.0 Å². The Morgan fingerprint density at radius 1 is 1.12 bits per heavy atom. The first-order chi connectivity index (χ1) is 7.74. The number of halogens is 2. The highest BCUT2D eigenvalue weighted by Crippen LogP contribution is 2.17. The number of ether oxygens (including phenoxy) is 1. The van der Waals surface area contributed by atoms with Gasteiger partial charge in [0.2, 0.25) is 0 Å². The molecule has 0 aliphatic heterocycles. The molecule has 0 saturated heterocycles. The molecule has 5 heteroatoms. The van der Waals surface area contributed by atoms with Crippen LogP contribution in [0.3, 0.4) is 0 Å². The summed E-state index contributed by atoms with van der Waals surface area (Å²) in [6, 6.07) is 7.60. The van der Waals surface area contributed by atoms with E-state index in [0.717, 1.165) is 15.9 Å². The molecule has 0 radical (unpaired) electrons. The summed E-state index contributed by atoms with van der Waals surface area (Å²) in [5.74, 6) is 0.792. The quantitative estimate of drug-likeness (QED) is 0.870. The van der Waals surface area contributed by atoms with Crippen molar-refractivity contribution in [3.8, 4) is 5.75 Å². The van der Waals surface area contributed by atoms with E-state index < -0.39 is 0 Å². The monoisotopic (exact) mass is 298 g/mol. The maximum Gasteiger partial charge on any atom is 0.147 e. The number of rotatable bonds is 3. The highest BCUT2D eigenvalue weighted by Gasteiger charge is 1.98. The fourth-order valence-corrected chi connectivity index (χ4v) is 1.46. The molecule has 16 heavy (non-hydrogen) atoms. The molecule has 0 fully saturated rings. The van der Waals surface area contributed by atoms with Gasteiger partial charge in [0.05, 0.1) is 18.1 Å². The lowest BCUT2D eigenvalue weighted by molar-refractivity contribution is 0.300. The summed E-state index contributed by atoms with van der Waals surface area (Å²) in [4.78, 5) is 8.00. The van der Waals surface area contributed by atoms with E-state index in [2.05, 4.69) is 25.9 Å². The van der Waals surface area contributed by atoms with Crippen molar-refractivity contribution in [1.29, 1.82) is 0 Å². The van der Waals surface area contributed by atoms with E-state index in [0.29, 0.717) is 11.8 Å². The summed E-state index contributed by atoms with van der Waals surface area (Å²) in [6.45, 7) is 0.381. The van der Waals surface area contributed by atoms with Crippen LogP contribution in [0.25, 0.3) is 0 Å². The van der Waals surface area contributed by atoms with Crippen LogP contribution in [0.15, 0.2) is 41.1 Å². The van der Waals surface area contributed by atoms with Crippen molar-refractivity contribution in [3.63, 3.8) is 0 Å². The predicted molar refractivity (Wildman–Crippen MR) is 65.5 cm³/mol. The van der Waals surface area contributed by atoms with Crippen LogP contribution in [-0.4, -0.2) is 9.97 Å². The minimum Gasteiger partial charge on any atom is -0.487 e. The fourth-order valence-electron chi connectivity index (χ4n) is 1.10. The third kappa shape index (κ3) is 3.18. The molecule has 0 saturated carbocycles. The molecule has 0 aliphatic carbocycles. The number of aromatic nitrogens is 2. The van der Waals surface area contributed by atoms with Crippen molar-refractivity contribution in [1.82, 2.24) is 9.97 Å². The van der Waals surface area contributed by atoms with Gasteiger partial charge in [-0.3, -0.25) is 4.98 Å². The first-order valence-corrected chi connectivity index (χ1v) is 5.76. The number of hydrogen-bond donors (Lipinski definition) is 0. The molecule has 0 amide bonds. The van der Waals surface area contributed by atoms with Gasteiger partial charge >= 0.3 is 0 Å². The van der Waals surface area contributed by atoms with Crippen molar-refractivity contribution in [2.75, 3.05) is 0 Å². The van der Waals surface area contributed by atoms with Gasteiger partial charge in [-0.1, -0.05) is 27.5 Å². The summed E-state index contributed by atoms with van der Waals surface area (Å²) in [5.41, 5.74) is 0.743. The van der Waals surface area contributed by atoms with Gasteiger partial charge in [-0.25, -0.2) is 4.98 Å². The topological polar surface area (TPSA) is 35.0 Å². The third-order valence-electron chi connectivity index (χ3n) is 1.87. The van der Waals surface area contributed by atoms with Crippen molar-refractivity contribution in [2.24, 2.45) is 0 Å². The second-order valence-corrected chi connectivity index (χ2v) is 4.38. The average molecular weight is 300 g/mol. The number of benzene rings is 1. The lowest BCUT2D eigenvalue weighted by atomic mass is 10.3. The highest BCUT2D eigenvalue weighted by molar-refractivity contribution is 9.10. The van der Waals surface area contributed by atoms with Crippen LogP contribution in [0, 0.1) is 0 Å². The molecule has 0 spiro atoms. The molecular weight excluding hydrogens is 291 g/mol. The van der Waals surface area contributed by atoms with Crippen LogP contribution in [0.5, 0.6) is 5.75 Å². The van der Waals surface area contributed by atoms with E-state index in [1.807, 2.05) is 24.3 Å². The minimum absolute atomic E-state index is 0.381. The molecule has 0 atom stereocenters. The first kappa shape index (κ1) is 11.4. The molecule has 2 rings (SSSR count). The Morgan fingerprint density at radius 2 is 1.88 bits per heavy atom. The van der Waals surface area contributed by atoms with Crippen LogP contribution in [0.4, 0.5) is 0 Å². The van der Waals surface area contributed by atoms with Gasteiger partial charge in [-0.15, -0.1) is 0 Å². The van der Waals surface area contributed by atoms with Crippen LogP contribution in [0.1, 0.15) is 5.69 Å². The first-order valence-electron chi connectivity index (χ1n) is 4.59. The Kier molecular flexibility index (Phi) is 3.74. The van der Waals surface area contributed by atoms with Gasteiger partial charge in [0, 0.05) is 4.47 Å². The Balaban J connectivity index is 1.97. The van der Waals surface area contributed by atoms with Crippen LogP contribution in [0.2, 0.25) is 5.15 Å². The summed E-state index contributed by atoms with van der Waals surface area (Å²) in [7, 11) is 0. The molecule has 2 aromatic rings. The molecule has 1 heterocycles. The SMILES string of the molecule is Clc1cnc(COc2ccc(Br)cc2)cn1. The van der Waals surface area contributed by atoms with E-state index in [9.17, 15) is 0 Å². The molecule has 0 N–H and O–H groups in total. The van der Waals surface area contributed by atoms with Gasteiger partial charge in [0.15, 0.2) is 0 Å². The molecular formula is C11H8BrClN2O. The Labute approximate surface area is 107 Å². The molecule has 82 valence electrons. The van der Waals surface area contributed by atoms with Gasteiger partial charge in [0.25, 0.3) is 0 Å². The van der Waals surface area contributed by atoms with E-state index in [1.54, 1.807) is 6.20 Å². The Bertz CT molecular complexity index is 413. The molecule has 1 aromatic heterocycles.